The summed E-state index contributed by atoms with van der Waals surface area (Å²) in [7, 11) is 0. The Hall–Kier alpha value is -1.22. The third-order valence-electron chi connectivity index (χ3n) is 2.74. The number of nitrogens with one attached hydrogen (secondary N) is 1. The maximum Gasteiger partial charge on any atom is 0.161 e. The number of rotatable bonds is 8. The monoisotopic (exact) mass is 265 g/mol. The van der Waals surface area contributed by atoms with E-state index in [2.05, 4.69) is 26.1 Å². The Morgan fingerprint density at radius 2 is 1.63 bits per heavy atom. The molecule has 0 atom stereocenters. The molecular weight excluding hydrogens is 238 g/mol. The molecule has 0 unspecified atom stereocenters. The minimum atomic E-state index is 0.384. The van der Waals surface area contributed by atoms with Gasteiger partial charge in [0.25, 0.3) is 0 Å². The number of hydrogen-bond acceptors (Lipinski definition) is 3. The first-order valence-corrected chi connectivity index (χ1v) is 7.08. The second kappa shape index (κ2) is 8.05. The predicted molar refractivity (Wildman–Crippen MR) is 80.0 cm³/mol. The maximum atomic E-state index is 5.73. The summed E-state index contributed by atoms with van der Waals surface area (Å²) < 4.78 is 11.2. The quantitative estimate of drug-likeness (QED) is 0.730. The van der Waals surface area contributed by atoms with E-state index >= 15 is 0 Å². The first-order chi connectivity index (χ1) is 9.03. The molecule has 1 aromatic carbocycles. The largest absolute Gasteiger partial charge is 0.490 e. The van der Waals surface area contributed by atoms with Crippen molar-refractivity contribution in [1.29, 1.82) is 0 Å². The summed E-state index contributed by atoms with van der Waals surface area (Å²) in [6, 6.07) is 7.80. The van der Waals surface area contributed by atoms with Gasteiger partial charge in [0.15, 0.2) is 11.5 Å². The summed E-state index contributed by atoms with van der Waals surface area (Å²) in [5, 5.41) is 3.40. The summed E-state index contributed by atoms with van der Waals surface area (Å²) in [6.45, 7) is 11.9. The van der Waals surface area contributed by atoms with Gasteiger partial charge in [0.2, 0.25) is 0 Å². The van der Waals surface area contributed by atoms with Gasteiger partial charge in [-0.3, -0.25) is 0 Å². The van der Waals surface area contributed by atoms with Crippen LogP contribution in [0.2, 0.25) is 0 Å². The lowest BCUT2D eigenvalue weighted by molar-refractivity contribution is 0.272. The van der Waals surface area contributed by atoms with Gasteiger partial charge in [0.1, 0.15) is 6.61 Å². The zero-order valence-electron chi connectivity index (χ0n) is 12.7. The minimum Gasteiger partial charge on any atom is -0.490 e. The van der Waals surface area contributed by atoms with E-state index in [0.717, 1.165) is 24.6 Å². The van der Waals surface area contributed by atoms with E-state index in [1.165, 1.54) is 6.42 Å². The topological polar surface area (TPSA) is 30.5 Å². The van der Waals surface area contributed by atoms with E-state index in [4.69, 9.17) is 9.47 Å². The Morgan fingerprint density at radius 3 is 2.21 bits per heavy atom. The van der Waals surface area contributed by atoms with Crippen molar-refractivity contribution in [3.63, 3.8) is 0 Å². The van der Waals surface area contributed by atoms with Gasteiger partial charge in [0.05, 0.1) is 6.61 Å². The number of para-hydroxylation sites is 2. The van der Waals surface area contributed by atoms with Gasteiger partial charge < -0.3 is 14.8 Å². The van der Waals surface area contributed by atoms with Crippen molar-refractivity contribution in [3.05, 3.63) is 24.3 Å². The van der Waals surface area contributed by atoms with Gasteiger partial charge in [0, 0.05) is 6.54 Å². The molecular formula is C16H27NO2. The van der Waals surface area contributed by atoms with E-state index in [1.54, 1.807) is 0 Å². The molecule has 19 heavy (non-hydrogen) atoms. The number of ether oxygens (including phenoxy) is 2. The molecule has 1 N–H and O–H groups in total. The van der Waals surface area contributed by atoms with Crippen LogP contribution in [0, 0.1) is 5.41 Å². The van der Waals surface area contributed by atoms with E-state index in [0.29, 0.717) is 18.6 Å². The molecule has 0 aliphatic rings. The standard InChI is InChI=1S/C16H27NO2/c1-5-18-14-8-6-7-9-15(14)19-13-12-17-11-10-16(2,3)4/h6-9,17H,5,10-13H2,1-4H3. The van der Waals surface area contributed by atoms with Crippen molar-refractivity contribution in [1.82, 2.24) is 5.32 Å². The van der Waals surface area contributed by atoms with Gasteiger partial charge in [-0.15, -0.1) is 0 Å². The lowest BCUT2D eigenvalue weighted by Gasteiger charge is -2.18. The summed E-state index contributed by atoms with van der Waals surface area (Å²) >= 11 is 0. The van der Waals surface area contributed by atoms with Crippen LogP contribution in [0.15, 0.2) is 24.3 Å². The molecule has 3 heteroatoms. The van der Waals surface area contributed by atoms with Crippen LogP contribution in [0.25, 0.3) is 0 Å². The third-order valence-corrected chi connectivity index (χ3v) is 2.74. The summed E-state index contributed by atoms with van der Waals surface area (Å²) in [4.78, 5) is 0. The Bertz CT molecular complexity index is 358. The third kappa shape index (κ3) is 7.06. The molecule has 0 bridgehead atoms. The van der Waals surface area contributed by atoms with Crippen LogP contribution >= 0.6 is 0 Å². The zero-order chi connectivity index (χ0) is 14.1. The molecule has 108 valence electrons. The van der Waals surface area contributed by atoms with E-state index in [1.807, 2.05) is 31.2 Å². The molecule has 0 aliphatic heterocycles. The van der Waals surface area contributed by atoms with Crippen LogP contribution in [0.1, 0.15) is 34.1 Å². The van der Waals surface area contributed by atoms with E-state index in [-0.39, 0.29) is 0 Å². The van der Waals surface area contributed by atoms with Crippen molar-refractivity contribution in [2.24, 2.45) is 5.41 Å². The zero-order valence-corrected chi connectivity index (χ0v) is 12.7. The molecule has 0 aromatic heterocycles. The van der Waals surface area contributed by atoms with E-state index in [9.17, 15) is 0 Å². The average Bonchev–Trinajstić information content (AvgIpc) is 2.34. The molecule has 1 aromatic rings. The van der Waals surface area contributed by atoms with Crippen LogP contribution in [0.3, 0.4) is 0 Å². The van der Waals surface area contributed by atoms with E-state index < -0.39 is 0 Å². The Balaban J connectivity index is 2.22. The molecule has 0 aliphatic carbocycles. The molecule has 0 saturated carbocycles. The van der Waals surface area contributed by atoms with Crippen molar-refractivity contribution in [2.45, 2.75) is 34.1 Å². The first-order valence-electron chi connectivity index (χ1n) is 7.08. The molecule has 0 heterocycles. The molecule has 3 nitrogen and oxygen atoms in total. The van der Waals surface area contributed by atoms with Crippen molar-refractivity contribution in [3.8, 4) is 11.5 Å². The second-order valence-corrected chi connectivity index (χ2v) is 5.79. The minimum absolute atomic E-state index is 0.384. The molecule has 0 amide bonds. The van der Waals surface area contributed by atoms with Crippen LogP contribution in [0.4, 0.5) is 0 Å². The van der Waals surface area contributed by atoms with Gasteiger partial charge in [-0.25, -0.2) is 0 Å². The fourth-order valence-electron chi connectivity index (χ4n) is 1.67. The average molecular weight is 265 g/mol. The van der Waals surface area contributed by atoms with Gasteiger partial charge in [-0.2, -0.15) is 0 Å². The summed E-state index contributed by atoms with van der Waals surface area (Å²) in [5.41, 5.74) is 0.384. The SMILES string of the molecule is CCOc1ccccc1OCCNCCC(C)(C)C. The first kappa shape index (κ1) is 15.8. The van der Waals surface area contributed by atoms with Gasteiger partial charge >= 0.3 is 0 Å². The number of hydrogen-bond donors (Lipinski definition) is 1. The highest BCUT2D eigenvalue weighted by molar-refractivity contribution is 5.39. The summed E-state index contributed by atoms with van der Waals surface area (Å²) in [6.07, 6.45) is 1.17. The lowest BCUT2D eigenvalue weighted by atomic mass is 9.92. The lowest BCUT2D eigenvalue weighted by Crippen LogP contribution is -2.25. The second-order valence-electron chi connectivity index (χ2n) is 5.79. The van der Waals surface area contributed by atoms with Crippen LogP contribution in [-0.2, 0) is 0 Å². The van der Waals surface area contributed by atoms with Crippen LogP contribution < -0.4 is 14.8 Å². The van der Waals surface area contributed by atoms with Gasteiger partial charge in [-0.05, 0) is 37.4 Å². The highest BCUT2D eigenvalue weighted by atomic mass is 16.5. The Morgan fingerprint density at radius 1 is 1.00 bits per heavy atom. The van der Waals surface area contributed by atoms with Crippen LogP contribution in [0.5, 0.6) is 11.5 Å². The smallest absolute Gasteiger partial charge is 0.161 e. The molecule has 0 radical (unpaired) electrons. The fraction of sp³-hybridized carbons (Fsp3) is 0.625. The molecule has 0 fully saturated rings. The Kier molecular flexibility index (Phi) is 6.71. The maximum absolute atomic E-state index is 5.73. The predicted octanol–water partition coefficient (Wildman–Crippen LogP) is 3.49. The normalized spacial score (nSPS) is 11.4. The van der Waals surface area contributed by atoms with Gasteiger partial charge in [-0.1, -0.05) is 32.9 Å². The molecule has 0 spiro atoms. The fourth-order valence-corrected chi connectivity index (χ4v) is 1.67. The summed E-state index contributed by atoms with van der Waals surface area (Å²) in [5.74, 6) is 1.64. The van der Waals surface area contributed by atoms with Crippen molar-refractivity contribution >= 4 is 0 Å². The highest BCUT2D eigenvalue weighted by Crippen LogP contribution is 2.26. The number of benzene rings is 1. The van der Waals surface area contributed by atoms with Crippen molar-refractivity contribution in [2.75, 3.05) is 26.3 Å². The van der Waals surface area contributed by atoms with Crippen molar-refractivity contribution < 1.29 is 9.47 Å². The molecule has 1 rings (SSSR count). The Labute approximate surface area is 117 Å². The highest BCUT2D eigenvalue weighted by Gasteiger charge is 2.08. The molecule has 0 saturated heterocycles. The van der Waals surface area contributed by atoms with Crippen LogP contribution in [-0.4, -0.2) is 26.3 Å².